The highest BCUT2D eigenvalue weighted by molar-refractivity contribution is 5.94. The summed E-state index contributed by atoms with van der Waals surface area (Å²) in [6, 6.07) is 11.3. The molecule has 0 bridgehead atoms. The Kier molecular flexibility index (Phi) is 4.05. The van der Waals surface area contributed by atoms with Crippen LogP contribution in [0.3, 0.4) is 0 Å². The quantitative estimate of drug-likeness (QED) is 0.496. The minimum Gasteiger partial charge on any atom is -0.454 e. The number of carbonyl (C=O) groups excluding carboxylic acids is 1. The second-order valence-corrected chi connectivity index (χ2v) is 6.48. The number of benzene rings is 2. The molecule has 0 radical (unpaired) electrons. The Balaban J connectivity index is 1.63. The molecule has 0 saturated carbocycles. The number of imidazole rings is 1. The molecule has 29 heavy (non-hydrogen) atoms. The van der Waals surface area contributed by atoms with Crippen molar-refractivity contribution >= 4 is 23.0 Å². The molecule has 1 aliphatic rings. The molecule has 0 atom stereocenters. The predicted octanol–water partition coefficient (Wildman–Crippen LogP) is 3.29. The summed E-state index contributed by atoms with van der Waals surface area (Å²) in [5.41, 5.74) is 4.19. The van der Waals surface area contributed by atoms with E-state index in [4.69, 9.17) is 9.47 Å². The number of nitrogens with one attached hydrogen (secondary N) is 3. The first-order valence-electron chi connectivity index (χ1n) is 9.20. The molecule has 9 nitrogen and oxygen atoms in total. The van der Waals surface area contributed by atoms with Gasteiger partial charge >= 0.3 is 6.03 Å². The fourth-order valence-corrected chi connectivity index (χ4v) is 3.30. The Labute approximate surface area is 165 Å². The Morgan fingerprint density at radius 2 is 2.10 bits per heavy atom. The topological polar surface area (TPSA) is 106 Å². The van der Waals surface area contributed by atoms with E-state index in [1.165, 1.54) is 0 Å². The van der Waals surface area contributed by atoms with Crippen LogP contribution in [0.5, 0.6) is 11.5 Å². The van der Waals surface area contributed by atoms with Crippen molar-refractivity contribution in [2.75, 3.05) is 18.7 Å². The number of urea groups is 1. The maximum Gasteiger partial charge on any atom is 0.321 e. The Morgan fingerprint density at radius 3 is 2.93 bits per heavy atom. The van der Waals surface area contributed by atoms with Crippen molar-refractivity contribution in [1.82, 2.24) is 25.1 Å². The fourth-order valence-electron chi connectivity index (χ4n) is 3.30. The third kappa shape index (κ3) is 3.12. The van der Waals surface area contributed by atoms with Crippen LogP contribution in [-0.2, 0) is 0 Å². The summed E-state index contributed by atoms with van der Waals surface area (Å²) in [6.45, 7) is 2.61. The van der Waals surface area contributed by atoms with Crippen LogP contribution in [-0.4, -0.2) is 39.1 Å². The number of ether oxygens (including phenoxy) is 2. The van der Waals surface area contributed by atoms with Crippen LogP contribution in [0.2, 0.25) is 0 Å². The number of amides is 2. The van der Waals surface area contributed by atoms with Gasteiger partial charge in [-0.3, -0.25) is 5.32 Å². The number of aromatic amines is 1. The number of fused-ring (bicyclic) bond motifs is 2. The number of anilines is 1. The van der Waals surface area contributed by atoms with Gasteiger partial charge in [-0.15, -0.1) is 0 Å². The largest absolute Gasteiger partial charge is 0.454 e. The molecule has 2 aromatic carbocycles. The molecule has 0 fully saturated rings. The van der Waals surface area contributed by atoms with Crippen LogP contribution in [0.1, 0.15) is 6.92 Å². The predicted molar refractivity (Wildman–Crippen MR) is 107 cm³/mol. The molecular formula is C20H18N6O3. The fraction of sp³-hybridized carbons (Fsp3) is 0.150. The van der Waals surface area contributed by atoms with Gasteiger partial charge in [0.25, 0.3) is 0 Å². The molecule has 146 valence electrons. The number of aromatic nitrogens is 4. The highest BCUT2D eigenvalue weighted by Gasteiger charge is 2.17. The SMILES string of the molecule is CCNC(=O)Nc1nc2c(-n3cccn3)cc(-c3ccc4c(c3)OCO4)cc2[nH]1. The van der Waals surface area contributed by atoms with Gasteiger partial charge in [0.05, 0.1) is 11.2 Å². The second-order valence-electron chi connectivity index (χ2n) is 6.48. The molecule has 0 saturated heterocycles. The summed E-state index contributed by atoms with van der Waals surface area (Å²) in [5, 5.41) is 9.75. The van der Waals surface area contributed by atoms with Gasteiger partial charge in [0.2, 0.25) is 12.7 Å². The molecule has 1 aliphatic heterocycles. The van der Waals surface area contributed by atoms with E-state index in [0.717, 1.165) is 28.1 Å². The van der Waals surface area contributed by atoms with E-state index >= 15 is 0 Å². The normalized spacial score (nSPS) is 12.3. The van der Waals surface area contributed by atoms with Crippen molar-refractivity contribution in [2.45, 2.75) is 6.92 Å². The number of H-pyrrole nitrogens is 1. The standard InChI is InChI=1S/C20H18N6O3/c1-2-21-20(27)25-19-23-14-8-13(12-4-5-16-17(10-12)29-11-28-16)9-15(18(14)24-19)26-7-3-6-22-26/h3-10H,2,11H2,1H3,(H3,21,23,24,25,27). The molecule has 5 rings (SSSR count). The zero-order valence-corrected chi connectivity index (χ0v) is 15.6. The lowest BCUT2D eigenvalue weighted by Crippen LogP contribution is -2.28. The minimum absolute atomic E-state index is 0.228. The average Bonchev–Trinajstić information content (AvgIpc) is 3.46. The molecule has 2 amide bonds. The molecule has 0 unspecified atom stereocenters. The van der Waals surface area contributed by atoms with Crippen molar-refractivity contribution in [3.05, 3.63) is 48.8 Å². The number of hydrogen-bond donors (Lipinski definition) is 3. The smallest absolute Gasteiger partial charge is 0.321 e. The van der Waals surface area contributed by atoms with Gasteiger partial charge in [-0.05, 0) is 48.4 Å². The molecule has 4 aromatic rings. The summed E-state index contributed by atoms with van der Waals surface area (Å²) in [4.78, 5) is 19.6. The van der Waals surface area contributed by atoms with Crippen LogP contribution in [0, 0.1) is 0 Å². The van der Waals surface area contributed by atoms with Crippen LogP contribution in [0.25, 0.3) is 27.8 Å². The van der Waals surface area contributed by atoms with Crippen molar-refractivity contribution in [3.8, 4) is 28.3 Å². The number of rotatable bonds is 4. The summed E-state index contributed by atoms with van der Waals surface area (Å²) in [6.07, 6.45) is 3.56. The maximum absolute atomic E-state index is 11.9. The van der Waals surface area contributed by atoms with E-state index in [1.54, 1.807) is 10.9 Å². The molecule has 0 aliphatic carbocycles. The average molecular weight is 390 g/mol. The van der Waals surface area contributed by atoms with E-state index < -0.39 is 0 Å². The Morgan fingerprint density at radius 1 is 1.21 bits per heavy atom. The van der Waals surface area contributed by atoms with Gasteiger partial charge < -0.3 is 19.8 Å². The van der Waals surface area contributed by atoms with E-state index in [9.17, 15) is 4.79 Å². The summed E-state index contributed by atoms with van der Waals surface area (Å²) >= 11 is 0. The first kappa shape index (κ1) is 17.1. The van der Waals surface area contributed by atoms with E-state index in [-0.39, 0.29) is 12.8 Å². The first-order valence-corrected chi connectivity index (χ1v) is 9.20. The van der Waals surface area contributed by atoms with Gasteiger partial charge in [0, 0.05) is 18.9 Å². The first-order chi connectivity index (χ1) is 14.2. The van der Waals surface area contributed by atoms with Gasteiger partial charge in [-0.25, -0.2) is 14.5 Å². The summed E-state index contributed by atoms with van der Waals surface area (Å²) < 4.78 is 12.7. The van der Waals surface area contributed by atoms with E-state index in [1.807, 2.05) is 49.5 Å². The third-order valence-electron chi connectivity index (χ3n) is 4.59. The molecule has 9 heteroatoms. The number of nitrogens with zero attached hydrogens (tertiary/aromatic N) is 3. The lowest BCUT2D eigenvalue weighted by atomic mass is 10.0. The van der Waals surface area contributed by atoms with Gasteiger partial charge in [-0.1, -0.05) is 6.07 Å². The van der Waals surface area contributed by atoms with E-state index in [0.29, 0.717) is 23.8 Å². The lowest BCUT2D eigenvalue weighted by Gasteiger charge is -2.08. The minimum atomic E-state index is -0.316. The van der Waals surface area contributed by atoms with Gasteiger partial charge in [0.15, 0.2) is 11.5 Å². The van der Waals surface area contributed by atoms with Crippen LogP contribution in [0.4, 0.5) is 10.7 Å². The van der Waals surface area contributed by atoms with Crippen molar-refractivity contribution < 1.29 is 14.3 Å². The van der Waals surface area contributed by atoms with Crippen molar-refractivity contribution in [3.63, 3.8) is 0 Å². The van der Waals surface area contributed by atoms with E-state index in [2.05, 4.69) is 25.7 Å². The van der Waals surface area contributed by atoms with Crippen LogP contribution >= 0.6 is 0 Å². The summed E-state index contributed by atoms with van der Waals surface area (Å²) in [5.74, 6) is 1.81. The molecular weight excluding hydrogens is 372 g/mol. The highest BCUT2D eigenvalue weighted by Crippen LogP contribution is 2.37. The van der Waals surface area contributed by atoms with Crippen LogP contribution in [0.15, 0.2) is 48.8 Å². The second kappa shape index (κ2) is 6.86. The molecule has 2 aromatic heterocycles. The monoisotopic (exact) mass is 390 g/mol. The van der Waals surface area contributed by atoms with Crippen LogP contribution < -0.4 is 20.1 Å². The lowest BCUT2D eigenvalue weighted by molar-refractivity contribution is 0.174. The zero-order chi connectivity index (χ0) is 19.8. The third-order valence-corrected chi connectivity index (χ3v) is 4.59. The molecule has 3 N–H and O–H groups in total. The Hall–Kier alpha value is -4.01. The zero-order valence-electron chi connectivity index (χ0n) is 15.6. The van der Waals surface area contributed by atoms with Gasteiger partial charge in [-0.2, -0.15) is 5.10 Å². The highest BCUT2D eigenvalue weighted by atomic mass is 16.7. The molecule has 3 heterocycles. The number of carbonyl (C=O) groups is 1. The number of hydrogen-bond acceptors (Lipinski definition) is 5. The van der Waals surface area contributed by atoms with Crippen molar-refractivity contribution in [1.29, 1.82) is 0 Å². The maximum atomic E-state index is 11.9. The van der Waals surface area contributed by atoms with Gasteiger partial charge in [0.1, 0.15) is 5.52 Å². The Bertz CT molecular complexity index is 1200. The van der Waals surface area contributed by atoms with Crippen molar-refractivity contribution in [2.24, 2.45) is 0 Å². The summed E-state index contributed by atoms with van der Waals surface area (Å²) in [7, 11) is 0. The molecule has 0 spiro atoms.